The van der Waals surface area contributed by atoms with Crippen LogP contribution in [0.15, 0.2) is 23.0 Å². The Labute approximate surface area is 122 Å². The summed E-state index contributed by atoms with van der Waals surface area (Å²) < 4.78 is 11.2. The monoisotopic (exact) mass is 287 g/mol. The first kappa shape index (κ1) is 12.7. The molecule has 21 heavy (non-hydrogen) atoms. The lowest BCUT2D eigenvalue weighted by molar-refractivity contribution is 0.0755. The van der Waals surface area contributed by atoms with Crippen LogP contribution in [0.4, 0.5) is 5.95 Å². The van der Waals surface area contributed by atoms with Gasteiger partial charge in [-0.1, -0.05) is 5.16 Å². The number of nitrogens with zero attached hydrogens (tertiary/aromatic N) is 5. The lowest BCUT2D eigenvalue weighted by atomic mass is 9.90. The maximum Gasteiger partial charge on any atom is 0.231 e. The molecule has 0 saturated carbocycles. The Kier molecular flexibility index (Phi) is 3.07. The molecule has 2 aromatic rings. The number of hydrogen-bond donors (Lipinski definition) is 0. The topological polar surface area (TPSA) is 77.2 Å². The minimum Gasteiger partial charge on any atom is -0.376 e. The quantitative estimate of drug-likeness (QED) is 0.824. The average Bonchev–Trinajstić information content (AvgIpc) is 3.15. The highest BCUT2D eigenvalue weighted by Gasteiger charge is 2.43. The van der Waals surface area contributed by atoms with Crippen molar-refractivity contribution in [3.8, 4) is 0 Å². The number of rotatable bonds is 2. The summed E-state index contributed by atoms with van der Waals surface area (Å²) >= 11 is 0. The number of hydrogen-bond acceptors (Lipinski definition) is 7. The lowest BCUT2D eigenvalue weighted by Gasteiger charge is -2.39. The van der Waals surface area contributed by atoms with Crippen LogP contribution in [0.1, 0.15) is 30.5 Å². The van der Waals surface area contributed by atoms with Crippen molar-refractivity contribution in [2.75, 3.05) is 18.1 Å². The first-order valence-electron chi connectivity index (χ1n) is 7.27. The van der Waals surface area contributed by atoms with Gasteiger partial charge in [-0.15, -0.1) is 0 Å². The van der Waals surface area contributed by atoms with Crippen LogP contribution in [-0.2, 0) is 4.74 Å². The predicted molar refractivity (Wildman–Crippen MR) is 73.9 cm³/mol. The van der Waals surface area contributed by atoms with Gasteiger partial charge in [-0.2, -0.15) is 4.98 Å². The number of aromatic nitrogens is 4. The fraction of sp³-hybridized carbons (Fsp3) is 0.571. The molecule has 110 valence electrons. The fourth-order valence-electron chi connectivity index (χ4n) is 3.27. The predicted octanol–water partition coefficient (Wildman–Crippen LogP) is 1.32. The number of anilines is 1. The van der Waals surface area contributed by atoms with Crippen LogP contribution in [0.3, 0.4) is 0 Å². The van der Waals surface area contributed by atoms with Gasteiger partial charge in [0.05, 0.1) is 18.1 Å². The molecule has 0 aromatic carbocycles. The van der Waals surface area contributed by atoms with Crippen molar-refractivity contribution < 1.29 is 9.26 Å². The molecule has 2 aliphatic heterocycles. The third kappa shape index (κ3) is 2.27. The minimum absolute atomic E-state index is 0.161. The maximum atomic E-state index is 5.88. The summed E-state index contributed by atoms with van der Waals surface area (Å²) in [7, 11) is 0. The Hall–Kier alpha value is -2.02. The second-order valence-corrected chi connectivity index (χ2v) is 5.58. The van der Waals surface area contributed by atoms with Gasteiger partial charge in [-0.05, 0) is 25.8 Å². The molecule has 2 aromatic heterocycles. The van der Waals surface area contributed by atoms with E-state index in [4.69, 9.17) is 9.26 Å². The summed E-state index contributed by atoms with van der Waals surface area (Å²) in [6.45, 7) is 3.41. The van der Waals surface area contributed by atoms with E-state index in [-0.39, 0.29) is 12.0 Å². The van der Waals surface area contributed by atoms with Gasteiger partial charge in [0.1, 0.15) is 0 Å². The molecule has 0 N–H and O–H groups in total. The molecule has 0 bridgehead atoms. The van der Waals surface area contributed by atoms with Gasteiger partial charge >= 0.3 is 0 Å². The summed E-state index contributed by atoms with van der Waals surface area (Å²) in [5.74, 6) is 2.26. The molecule has 0 spiro atoms. The normalized spacial score (nSPS) is 28.6. The molecule has 7 nitrogen and oxygen atoms in total. The van der Waals surface area contributed by atoms with Crippen LogP contribution >= 0.6 is 0 Å². The average molecular weight is 287 g/mol. The van der Waals surface area contributed by atoms with Gasteiger partial charge in [0, 0.05) is 25.5 Å². The van der Waals surface area contributed by atoms with Gasteiger partial charge < -0.3 is 14.2 Å². The second kappa shape index (κ2) is 5.07. The van der Waals surface area contributed by atoms with E-state index in [2.05, 4.69) is 25.0 Å². The van der Waals surface area contributed by atoms with E-state index in [1.807, 2.05) is 13.0 Å². The molecule has 0 unspecified atom stereocenters. The van der Waals surface area contributed by atoms with Crippen molar-refractivity contribution in [2.45, 2.75) is 37.8 Å². The van der Waals surface area contributed by atoms with E-state index in [0.29, 0.717) is 17.8 Å². The Balaban J connectivity index is 1.65. The zero-order chi connectivity index (χ0) is 14.2. The molecule has 3 atom stereocenters. The fourth-order valence-corrected chi connectivity index (χ4v) is 3.27. The van der Waals surface area contributed by atoms with Crippen molar-refractivity contribution in [1.82, 2.24) is 20.1 Å². The van der Waals surface area contributed by atoms with Crippen molar-refractivity contribution in [3.63, 3.8) is 0 Å². The van der Waals surface area contributed by atoms with Crippen LogP contribution in [0.25, 0.3) is 0 Å². The van der Waals surface area contributed by atoms with Gasteiger partial charge in [0.25, 0.3) is 0 Å². The lowest BCUT2D eigenvalue weighted by Crippen LogP contribution is -2.49. The molecule has 0 aliphatic carbocycles. The van der Waals surface area contributed by atoms with Crippen LogP contribution in [0.2, 0.25) is 0 Å². The molecule has 2 saturated heterocycles. The summed E-state index contributed by atoms with van der Waals surface area (Å²) in [5.41, 5.74) is 0. The smallest absolute Gasteiger partial charge is 0.231 e. The van der Waals surface area contributed by atoms with Crippen molar-refractivity contribution in [2.24, 2.45) is 0 Å². The second-order valence-electron chi connectivity index (χ2n) is 5.58. The third-order valence-corrected chi connectivity index (χ3v) is 4.21. The number of ether oxygens (including phenoxy) is 1. The van der Waals surface area contributed by atoms with Gasteiger partial charge in [-0.3, -0.25) is 0 Å². The standard InChI is InChI=1S/C14H17N5O2/c1-9-17-13(21-18-9)10-7-12-11(3-6-20-12)19(8-10)14-15-4-2-5-16-14/h2,4-5,10-12H,3,6-8H2,1H3/t10-,11-,12-/m1/s1. The Morgan fingerprint density at radius 1 is 1.29 bits per heavy atom. The van der Waals surface area contributed by atoms with Gasteiger partial charge in [-0.25, -0.2) is 9.97 Å². The van der Waals surface area contributed by atoms with Crippen LogP contribution in [-0.4, -0.2) is 45.4 Å². The van der Waals surface area contributed by atoms with Crippen LogP contribution < -0.4 is 4.90 Å². The molecule has 2 fully saturated rings. The van der Waals surface area contributed by atoms with E-state index < -0.39 is 0 Å². The Morgan fingerprint density at radius 3 is 2.90 bits per heavy atom. The molecule has 2 aliphatic rings. The Morgan fingerprint density at radius 2 is 2.14 bits per heavy atom. The van der Waals surface area contributed by atoms with Crippen LogP contribution in [0.5, 0.6) is 0 Å². The molecule has 0 amide bonds. The molecular formula is C14H17N5O2. The number of fused-ring (bicyclic) bond motifs is 1. The molecule has 7 heteroatoms. The third-order valence-electron chi connectivity index (χ3n) is 4.21. The van der Waals surface area contributed by atoms with Crippen molar-refractivity contribution in [1.29, 1.82) is 0 Å². The summed E-state index contributed by atoms with van der Waals surface area (Å²) in [6, 6.07) is 2.17. The SMILES string of the molecule is Cc1noc([C@@H]2C[C@H]3OCC[C@H]3N(c3ncccn3)C2)n1. The molecule has 4 heterocycles. The highest BCUT2D eigenvalue weighted by molar-refractivity contribution is 5.34. The highest BCUT2D eigenvalue weighted by atomic mass is 16.5. The van der Waals surface area contributed by atoms with E-state index in [1.54, 1.807) is 12.4 Å². The first-order chi connectivity index (χ1) is 10.3. The van der Waals surface area contributed by atoms with Crippen LogP contribution in [0, 0.1) is 6.92 Å². The van der Waals surface area contributed by atoms with Crippen molar-refractivity contribution >= 4 is 5.95 Å². The van der Waals surface area contributed by atoms with E-state index >= 15 is 0 Å². The molecular weight excluding hydrogens is 270 g/mol. The zero-order valence-corrected chi connectivity index (χ0v) is 11.8. The first-order valence-corrected chi connectivity index (χ1v) is 7.27. The molecule has 0 radical (unpaired) electrons. The van der Waals surface area contributed by atoms with E-state index in [9.17, 15) is 0 Å². The highest BCUT2D eigenvalue weighted by Crippen LogP contribution is 2.36. The molecule has 4 rings (SSSR count). The summed E-state index contributed by atoms with van der Waals surface area (Å²) in [4.78, 5) is 15.4. The zero-order valence-electron chi connectivity index (χ0n) is 11.8. The summed E-state index contributed by atoms with van der Waals surface area (Å²) in [5, 5.41) is 3.90. The van der Waals surface area contributed by atoms with Crippen molar-refractivity contribution in [3.05, 3.63) is 30.2 Å². The van der Waals surface area contributed by atoms with Gasteiger partial charge in [0.15, 0.2) is 5.82 Å². The van der Waals surface area contributed by atoms with E-state index in [1.165, 1.54) is 0 Å². The number of aryl methyl sites for hydroxylation is 1. The number of piperidine rings is 1. The maximum absolute atomic E-state index is 5.88. The van der Waals surface area contributed by atoms with E-state index in [0.717, 1.165) is 31.9 Å². The van der Waals surface area contributed by atoms with Gasteiger partial charge in [0.2, 0.25) is 11.8 Å². The summed E-state index contributed by atoms with van der Waals surface area (Å²) in [6.07, 6.45) is 5.65. The minimum atomic E-state index is 0.161. The largest absolute Gasteiger partial charge is 0.376 e. The Bertz CT molecular complexity index is 617.